The molecule has 0 spiro atoms. The van der Waals surface area contributed by atoms with E-state index < -0.39 is 16.1 Å². The van der Waals surface area contributed by atoms with Gasteiger partial charge in [-0.15, -0.1) is 0 Å². The van der Waals surface area contributed by atoms with Gasteiger partial charge in [0.25, 0.3) is 0 Å². The van der Waals surface area contributed by atoms with Gasteiger partial charge in [-0.25, -0.2) is 8.42 Å². The van der Waals surface area contributed by atoms with Gasteiger partial charge in [-0.1, -0.05) is 72.8 Å². The number of carbonyl (C=O) groups is 1. The van der Waals surface area contributed by atoms with Crippen LogP contribution in [0, 0.1) is 0 Å². The Morgan fingerprint density at radius 2 is 1.55 bits per heavy atom. The lowest BCUT2D eigenvalue weighted by Crippen LogP contribution is -2.49. The highest BCUT2D eigenvalue weighted by molar-refractivity contribution is 7.89. The van der Waals surface area contributed by atoms with E-state index in [1.807, 2.05) is 48.5 Å². The predicted octanol–water partition coefficient (Wildman–Crippen LogP) is 3.77. The third kappa shape index (κ3) is 5.21. The summed E-state index contributed by atoms with van der Waals surface area (Å²) in [5.74, 6) is -0.315. The standard InChI is InChI=1S/C25H26N2O3S/c28-25(26-23-17-9-13-20-12-7-8-16-22(20)23)24(18-19-10-3-1-4-11-19)27-31(29,30)21-14-5-2-6-15-21/h1-8,10-12,14-16,23-24,27H,9,13,17-18H2,(H,26,28)/t23-,24+/m1/s1. The van der Waals surface area contributed by atoms with Crippen LogP contribution in [0.5, 0.6) is 0 Å². The molecular formula is C25H26N2O3S. The SMILES string of the molecule is O=C(N[C@@H]1CCCc2ccccc21)[C@H](Cc1ccccc1)NS(=O)(=O)c1ccccc1. The van der Waals surface area contributed by atoms with Crippen LogP contribution in [-0.2, 0) is 27.7 Å². The first-order valence-electron chi connectivity index (χ1n) is 10.5. The van der Waals surface area contributed by atoms with Gasteiger partial charge >= 0.3 is 0 Å². The molecular weight excluding hydrogens is 408 g/mol. The second-order valence-electron chi connectivity index (χ2n) is 7.83. The van der Waals surface area contributed by atoms with Crippen LogP contribution in [0.25, 0.3) is 0 Å². The Labute approximate surface area is 183 Å². The van der Waals surface area contributed by atoms with Gasteiger partial charge in [0.15, 0.2) is 0 Å². The van der Waals surface area contributed by atoms with Gasteiger partial charge in [0.05, 0.1) is 10.9 Å². The van der Waals surface area contributed by atoms with Gasteiger partial charge in [0.2, 0.25) is 15.9 Å². The van der Waals surface area contributed by atoms with Gasteiger partial charge in [-0.3, -0.25) is 4.79 Å². The van der Waals surface area contributed by atoms with Crippen LogP contribution in [0.3, 0.4) is 0 Å². The van der Waals surface area contributed by atoms with Crippen molar-refractivity contribution in [2.75, 3.05) is 0 Å². The number of amides is 1. The molecule has 1 aliphatic rings. The highest BCUT2D eigenvalue weighted by Crippen LogP contribution is 2.29. The number of rotatable bonds is 7. The highest BCUT2D eigenvalue weighted by atomic mass is 32.2. The lowest BCUT2D eigenvalue weighted by Gasteiger charge is -2.28. The first kappa shape index (κ1) is 21.3. The number of nitrogens with one attached hydrogen (secondary N) is 2. The van der Waals surface area contributed by atoms with Crippen molar-refractivity contribution in [3.8, 4) is 0 Å². The Balaban J connectivity index is 1.58. The zero-order chi connectivity index (χ0) is 21.7. The van der Waals surface area contributed by atoms with Crippen LogP contribution in [-0.4, -0.2) is 20.4 Å². The van der Waals surface area contributed by atoms with Crippen molar-refractivity contribution in [3.63, 3.8) is 0 Å². The Kier molecular flexibility index (Phi) is 6.49. The summed E-state index contributed by atoms with van der Waals surface area (Å²) >= 11 is 0. The molecule has 3 aromatic rings. The van der Waals surface area contributed by atoms with E-state index in [0.717, 1.165) is 30.4 Å². The molecule has 3 aromatic carbocycles. The summed E-state index contributed by atoms with van der Waals surface area (Å²) in [6.07, 6.45) is 3.09. The summed E-state index contributed by atoms with van der Waals surface area (Å²) in [5, 5.41) is 3.10. The minimum atomic E-state index is -3.84. The van der Waals surface area contributed by atoms with Crippen LogP contribution in [0.15, 0.2) is 89.8 Å². The molecule has 0 saturated heterocycles. The van der Waals surface area contributed by atoms with Crippen LogP contribution < -0.4 is 10.0 Å². The van der Waals surface area contributed by atoms with E-state index in [-0.39, 0.29) is 23.3 Å². The summed E-state index contributed by atoms with van der Waals surface area (Å²) in [7, 11) is -3.84. The van der Waals surface area contributed by atoms with Crippen molar-refractivity contribution in [1.29, 1.82) is 0 Å². The molecule has 0 heterocycles. The minimum Gasteiger partial charge on any atom is -0.348 e. The largest absolute Gasteiger partial charge is 0.348 e. The number of fused-ring (bicyclic) bond motifs is 1. The molecule has 1 amide bonds. The molecule has 0 radical (unpaired) electrons. The second-order valence-corrected chi connectivity index (χ2v) is 9.54. The van der Waals surface area contributed by atoms with Gasteiger partial charge < -0.3 is 5.32 Å². The average molecular weight is 435 g/mol. The Hall–Kier alpha value is -2.96. The van der Waals surface area contributed by atoms with Crippen molar-refractivity contribution in [2.45, 2.75) is 42.7 Å². The molecule has 5 nitrogen and oxygen atoms in total. The molecule has 0 saturated carbocycles. The van der Waals surface area contributed by atoms with Gasteiger partial charge in [0.1, 0.15) is 6.04 Å². The van der Waals surface area contributed by atoms with E-state index in [9.17, 15) is 13.2 Å². The molecule has 4 rings (SSSR count). The maximum atomic E-state index is 13.3. The average Bonchev–Trinajstić information content (AvgIpc) is 2.80. The van der Waals surface area contributed by atoms with Crippen molar-refractivity contribution >= 4 is 15.9 Å². The van der Waals surface area contributed by atoms with Crippen LogP contribution >= 0.6 is 0 Å². The Morgan fingerprint density at radius 3 is 2.29 bits per heavy atom. The minimum absolute atomic E-state index is 0.114. The number of sulfonamides is 1. The topological polar surface area (TPSA) is 75.3 Å². The molecule has 1 aliphatic carbocycles. The van der Waals surface area contributed by atoms with E-state index in [2.05, 4.69) is 16.1 Å². The first-order valence-corrected chi connectivity index (χ1v) is 12.0. The number of benzene rings is 3. The van der Waals surface area contributed by atoms with E-state index in [4.69, 9.17) is 0 Å². The molecule has 0 bridgehead atoms. The lowest BCUT2D eigenvalue weighted by atomic mass is 9.87. The summed E-state index contributed by atoms with van der Waals surface area (Å²) in [6, 6.07) is 24.7. The van der Waals surface area contributed by atoms with E-state index >= 15 is 0 Å². The summed E-state index contributed by atoms with van der Waals surface area (Å²) < 4.78 is 28.5. The van der Waals surface area contributed by atoms with Gasteiger partial charge in [-0.05, 0) is 54.5 Å². The summed E-state index contributed by atoms with van der Waals surface area (Å²) in [4.78, 5) is 13.4. The van der Waals surface area contributed by atoms with Crippen LogP contribution in [0.1, 0.15) is 35.6 Å². The molecule has 2 N–H and O–H groups in total. The molecule has 31 heavy (non-hydrogen) atoms. The zero-order valence-corrected chi connectivity index (χ0v) is 18.0. The third-order valence-electron chi connectivity index (χ3n) is 5.64. The Morgan fingerprint density at radius 1 is 0.903 bits per heavy atom. The molecule has 0 fully saturated rings. The fraction of sp³-hybridized carbons (Fsp3) is 0.240. The summed E-state index contributed by atoms with van der Waals surface area (Å²) in [5.41, 5.74) is 3.25. The lowest BCUT2D eigenvalue weighted by molar-refractivity contribution is -0.123. The van der Waals surface area contributed by atoms with Gasteiger partial charge in [-0.2, -0.15) is 4.72 Å². The van der Waals surface area contributed by atoms with Gasteiger partial charge in [0, 0.05) is 0 Å². The monoisotopic (exact) mass is 434 g/mol. The molecule has 6 heteroatoms. The van der Waals surface area contributed by atoms with Crippen molar-refractivity contribution < 1.29 is 13.2 Å². The quantitative estimate of drug-likeness (QED) is 0.594. The summed E-state index contributed by atoms with van der Waals surface area (Å²) in [6.45, 7) is 0. The number of aryl methyl sites for hydroxylation is 1. The zero-order valence-electron chi connectivity index (χ0n) is 17.2. The normalized spacial score (nSPS) is 16.8. The van der Waals surface area contributed by atoms with Crippen LogP contribution in [0.4, 0.5) is 0 Å². The third-order valence-corrected chi connectivity index (χ3v) is 7.12. The highest BCUT2D eigenvalue weighted by Gasteiger charge is 2.29. The number of hydrogen-bond donors (Lipinski definition) is 2. The van der Waals surface area contributed by atoms with E-state index in [1.165, 1.54) is 17.7 Å². The van der Waals surface area contributed by atoms with Crippen molar-refractivity contribution in [2.24, 2.45) is 0 Å². The predicted molar refractivity (Wildman–Crippen MR) is 121 cm³/mol. The second kappa shape index (κ2) is 9.45. The number of hydrogen-bond acceptors (Lipinski definition) is 3. The molecule has 0 aromatic heterocycles. The molecule has 0 aliphatic heterocycles. The van der Waals surface area contributed by atoms with Crippen molar-refractivity contribution in [3.05, 3.63) is 102 Å². The first-order chi connectivity index (χ1) is 15.0. The number of carbonyl (C=O) groups excluding carboxylic acids is 1. The molecule has 2 atom stereocenters. The van der Waals surface area contributed by atoms with E-state index in [1.54, 1.807) is 18.2 Å². The van der Waals surface area contributed by atoms with Crippen LogP contribution in [0.2, 0.25) is 0 Å². The Bertz CT molecular complexity index is 1130. The fourth-order valence-electron chi connectivity index (χ4n) is 4.07. The van der Waals surface area contributed by atoms with Crippen molar-refractivity contribution in [1.82, 2.24) is 10.0 Å². The maximum Gasteiger partial charge on any atom is 0.241 e. The molecule has 0 unspecified atom stereocenters. The maximum absolute atomic E-state index is 13.3. The van der Waals surface area contributed by atoms with E-state index in [0.29, 0.717) is 0 Å². The fourth-order valence-corrected chi connectivity index (χ4v) is 5.29. The smallest absolute Gasteiger partial charge is 0.241 e. The molecule has 160 valence electrons.